The number of pyridine rings is 2. The first-order chi connectivity index (χ1) is 5.90. The summed E-state index contributed by atoms with van der Waals surface area (Å²) in [5, 5.41) is 0.996. The van der Waals surface area contributed by atoms with E-state index in [9.17, 15) is 4.79 Å². The van der Waals surface area contributed by atoms with Crippen molar-refractivity contribution >= 4 is 17.2 Å². The normalized spacial score (nSPS) is 10.0. The molecule has 0 saturated heterocycles. The Labute approximate surface area is 69.1 Å². The molecule has 2 aromatic heterocycles. The molecule has 12 heavy (non-hydrogen) atoms. The molecule has 0 amide bonds. The summed E-state index contributed by atoms with van der Waals surface area (Å²) in [4.78, 5) is 18.3. The van der Waals surface area contributed by atoms with Gasteiger partial charge in [0.05, 0.1) is 11.7 Å². The minimum atomic E-state index is 0.440. The lowest BCUT2D eigenvalue weighted by Gasteiger charge is -1.94. The van der Waals surface area contributed by atoms with Gasteiger partial charge in [-0.3, -0.25) is 9.78 Å². The molecule has 2 heterocycles. The Morgan fingerprint density at radius 1 is 1.25 bits per heavy atom. The molecule has 2 rings (SSSR count). The molecule has 0 unspecified atom stereocenters. The second kappa shape index (κ2) is 2.70. The highest BCUT2D eigenvalue weighted by molar-refractivity contribution is 5.82. The van der Waals surface area contributed by atoms with Gasteiger partial charge in [-0.25, -0.2) is 4.98 Å². The molecule has 0 fully saturated rings. The Kier molecular flexibility index (Phi) is 1.55. The lowest BCUT2D eigenvalue weighted by Crippen LogP contribution is -1.87. The smallest absolute Gasteiger partial charge is 0.168 e. The van der Waals surface area contributed by atoms with Crippen LogP contribution in [0.4, 0.5) is 0 Å². The second-order valence-electron chi connectivity index (χ2n) is 2.42. The first-order valence-corrected chi connectivity index (χ1v) is 3.56. The third-order valence-electron chi connectivity index (χ3n) is 1.64. The molecular formula is C9H6N2O. The molecule has 58 valence electrons. The van der Waals surface area contributed by atoms with Crippen LogP contribution >= 0.6 is 0 Å². The molecule has 0 aliphatic carbocycles. The third-order valence-corrected chi connectivity index (χ3v) is 1.64. The van der Waals surface area contributed by atoms with Gasteiger partial charge in [-0.15, -0.1) is 0 Å². The first-order valence-electron chi connectivity index (χ1n) is 3.56. The van der Waals surface area contributed by atoms with Crippen molar-refractivity contribution in [3.05, 3.63) is 36.3 Å². The van der Waals surface area contributed by atoms with E-state index in [2.05, 4.69) is 9.97 Å². The number of carbonyl (C=O) groups is 1. The number of rotatable bonds is 1. The van der Waals surface area contributed by atoms with Crippen molar-refractivity contribution in [3.63, 3.8) is 0 Å². The van der Waals surface area contributed by atoms with Crippen LogP contribution < -0.4 is 0 Å². The van der Waals surface area contributed by atoms with E-state index in [1.807, 2.05) is 12.1 Å². The van der Waals surface area contributed by atoms with E-state index in [1.54, 1.807) is 18.5 Å². The molecule has 0 aliphatic rings. The van der Waals surface area contributed by atoms with Crippen LogP contribution in [0.2, 0.25) is 0 Å². The van der Waals surface area contributed by atoms with E-state index >= 15 is 0 Å². The predicted molar refractivity (Wildman–Crippen MR) is 44.9 cm³/mol. The van der Waals surface area contributed by atoms with E-state index in [4.69, 9.17) is 0 Å². The summed E-state index contributed by atoms with van der Waals surface area (Å²) in [6.45, 7) is 0. The van der Waals surface area contributed by atoms with Crippen LogP contribution in [0.3, 0.4) is 0 Å². The fraction of sp³-hybridized carbons (Fsp3) is 0. The topological polar surface area (TPSA) is 42.9 Å². The number of hydrogen-bond donors (Lipinski definition) is 0. The van der Waals surface area contributed by atoms with Gasteiger partial charge in [0.15, 0.2) is 6.29 Å². The monoisotopic (exact) mass is 158 g/mol. The highest BCUT2D eigenvalue weighted by Gasteiger charge is 1.94. The number of nitrogens with zero attached hydrogens (tertiary/aromatic N) is 2. The summed E-state index contributed by atoms with van der Waals surface area (Å²) in [6.07, 6.45) is 4.07. The lowest BCUT2D eigenvalue weighted by atomic mass is 10.2. The predicted octanol–water partition coefficient (Wildman–Crippen LogP) is 1.44. The highest BCUT2D eigenvalue weighted by Crippen LogP contribution is 2.08. The van der Waals surface area contributed by atoms with Crippen molar-refractivity contribution in [1.29, 1.82) is 0 Å². The standard InChI is InChI=1S/C9H6N2O/c12-6-8-2-1-7-3-4-10-5-9(7)11-8/h1-6H. The fourth-order valence-electron chi connectivity index (χ4n) is 1.05. The van der Waals surface area contributed by atoms with Crippen molar-refractivity contribution in [3.8, 4) is 0 Å². The summed E-state index contributed by atoms with van der Waals surface area (Å²) < 4.78 is 0. The quantitative estimate of drug-likeness (QED) is 0.590. The zero-order chi connectivity index (χ0) is 8.39. The van der Waals surface area contributed by atoms with E-state index in [0.29, 0.717) is 5.69 Å². The van der Waals surface area contributed by atoms with Crippen LogP contribution in [0.25, 0.3) is 10.9 Å². The van der Waals surface area contributed by atoms with E-state index in [0.717, 1.165) is 17.2 Å². The van der Waals surface area contributed by atoms with Crippen molar-refractivity contribution in [2.45, 2.75) is 0 Å². The van der Waals surface area contributed by atoms with Gasteiger partial charge in [-0.1, -0.05) is 6.07 Å². The minimum Gasteiger partial charge on any atom is -0.296 e. The molecular weight excluding hydrogens is 152 g/mol. The Bertz CT molecular complexity index is 426. The molecule has 0 bridgehead atoms. The summed E-state index contributed by atoms with van der Waals surface area (Å²) in [5.74, 6) is 0. The lowest BCUT2D eigenvalue weighted by molar-refractivity contribution is 0.111. The maximum absolute atomic E-state index is 10.4. The van der Waals surface area contributed by atoms with Gasteiger partial charge in [0.2, 0.25) is 0 Å². The van der Waals surface area contributed by atoms with Crippen LogP contribution in [0, 0.1) is 0 Å². The van der Waals surface area contributed by atoms with E-state index in [-0.39, 0.29) is 0 Å². The zero-order valence-electron chi connectivity index (χ0n) is 6.27. The molecule has 2 aromatic rings. The minimum absolute atomic E-state index is 0.440. The number of carbonyl (C=O) groups excluding carboxylic acids is 1. The van der Waals surface area contributed by atoms with Gasteiger partial charge < -0.3 is 0 Å². The van der Waals surface area contributed by atoms with Crippen LogP contribution in [0.15, 0.2) is 30.6 Å². The first kappa shape index (κ1) is 6.91. The van der Waals surface area contributed by atoms with Gasteiger partial charge in [0.1, 0.15) is 5.69 Å². The van der Waals surface area contributed by atoms with Crippen molar-refractivity contribution in [2.24, 2.45) is 0 Å². The fourth-order valence-corrected chi connectivity index (χ4v) is 1.05. The average molecular weight is 158 g/mol. The number of aldehydes is 1. The third kappa shape index (κ3) is 1.05. The zero-order valence-corrected chi connectivity index (χ0v) is 6.27. The van der Waals surface area contributed by atoms with E-state index < -0.39 is 0 Å². The molecule has 0 saturated carbocycles. The number of aromatic nitrogens is 2. The van der Waals surface area contributed by atoms with Crippen LogP contribution in [0.1, 0.15) is 10.5 Å². The van der Waals surface area contributed by atoms with Gasteiger partial charge >= 0.3 is 0 Å². The summed E-state index contributed by atoms with van der Waals surface area (Å²) in [6, 6.07) is 5.40. The molecule has 0 spiro atoms. The molecule has 3 nitrogen and oxygen atoms in total. The Morgan fingerprint density at radius 3 is 3.00 bits per heavy atom. The van der Waals surface area contributed by atoms with Crippen LogP contribution in [-0.2, 0) is 0 Å². The van der Waals surface area contributed by atoms with Crippen molar-refractivity contribution in [1.82, 2.24) is 9.97 Å². The Hall–Kier alpha value is -1.77. The summed E-state index contributed by atoms with van der Waals surface area (Å²) in [5.41, 5.74) is 1.19. The Morgan fingerprint density at radius 2 is 2.17 bits per heavy atom. The van der Waals surface area contributed by atoms with Gasteiger partial charge in [0, 0.05) is 11.6 Å². The van der Waals surface area contributed by atoms with E-state index in [1.165, 1.54) is 0 Å². The molecule has 0 aromatic carbocycles. The van der Waals surface area contributed by atoms with Gasteiger partial charge in [-0.2, -0.15) is 0 Å². The molecule has 0 N–H and O–H groups in total. The number of hydrogen-bond acceptors (Lipinski definition) is 3. The second-order valence-corrected chi connectivity index (χ2v) is 2.42. The summed E-state index contributed by atoms with van der Waals surface area (Å²) in [7, 11) is 0. The Balaban J connectivity index is 2.75. The number of fused-ring (bicyclic) bond motifs is 1. The van der Waals surface area contributed by atoms with Crippen molar-refractivity contribution < 1.29 is 4.79 Å². The molecule has 3 heteroatoms. The molecule has 0 radical (unpaired) electrons. The van der Waals surface area contributed by atoms with Gasteiger partial charge in [-0.05, 0) is 12.1 Å². The van der Waals surface area contributed by atoms with Crippen molar-refractivity contribution in [2.75, 3.05) is 0 Å². The van der Waals surface area contributed by atoms with Gasteiger partial charge in [0.25, 0.3) is 0 Å². The molecule has 0 aliphatic heterocycles. The SMILES string of the molecule is O=Cc1ccc2ccncc2n1. The average Bonchev–Trinajstić information content (AvgIpc) is 2.17. The summed E-state index contributed by atoms with van der Waals surface area (Å²) >= 11 is 0. The highest BCUT2D eigenvalue weighted by atomic mass is 16.1. The largest absolute Gasteiger partial charge is 0.296 e. The maximum Gasteiger partial charge on any atom is 0.168 e. The van der Waals surface area contributed by atoms with Crippen LogP contribution in [0.5, 0.6) is 0 Å². The molecule has 0 atom stereocenters. The van der Waals surface area contributed by atoms with Crippen LogP contribution in [-0.4, -0.2) is 16.3 Å². The maximum atomic E-state index is 10.4.